The van der Waals surface area contributed by atoms with Crippen LogP contribution in [0, 0.1) is 0 Å². The topological polar surface area (TPSA) is 66.6 Å². The minimum Gasteiger partial charge on any atom is -0.475 e. The van der Waals surface area contributed by atoms with Gasteiger partial charge in [-0.3, -0.25) is 4.90 Å². The van der Waals surface area contributed by atoms with Gasteiger partial charge in [0.15, 0.2) is 0 Å². The fourth-order valence-electron chi connectivity index (χ4n) is 2.54. The summed E-state index contributed by atoms with van der Waals surface area (Å²) in [5, 5.41) is 12.7. The number of nitrogens with zero attached hydrogens (tertiary/aromatic N) is 2. The molecule has 1 aromatic heterocycles. The molecule has 1 saturated heterocycles. The molecule has 2 heterocycles. The van der Waals surface area contributed by atoms with Crippen molar-refractivity contribution in [2.45, 2.75) is 19.4 Å². The maximum atomic E-state index is 10.8. The van der Waals surface area contributed by atoms with Crippen molar-refractivity contribution in [1.29, 1.82) is 0 Å². The number of hydrogen-bond acceptors (Lipinski definition) is 4. The average Bonchev–Trinajstić information content (AvgIpc) is 3.09. The first-order chi connectivity index (χ1) is 9.72. The number of likely N-dealkylation sites (tertiary alicyclic amines) is 1. The smallest absolute Gasteiger partial charge is 0.374 e. The third-order valence-corrected chi connectivity index (χ3v) is 3.55. The van der Waals surface area contributed by atoms with Crippen LogP contribution in [0.4, 0.5) is 0 Å². The van der Waals surface area contributed by atoms with E-state index < -0.39 is 5.97 Å². The zero-order chi connectivity index (χ0) is 13.9. The Balaban J connectivity index is 1.80. The van der Waals surface area contributed by atoms with Crippen LogP contribution >= 0.6 is 0 Å². The van der Waals surface area contributed by atoms with E-state index in [2.05, 4.69) is 16.1 Å². The molecule has 1 N–H and O–H groups in total. The van der Waals surface area contributed by atoms with Gasteiger partial charge < -0.3 is 9.63 Å². The summed E-state index contributed by atoms with van der Waals surface area (Å²) in [6, 6.07) is 9.46. The minimum atomic E-state index is -1.10. The second-order valence-corrected chi connectivity index (χ2v) is 5.07. The standard InChI is InChI=1S/C15H16N2O3/c18-15(19)14-9-13(16-20-14)12-5-3-4-11(8-12)10-17-6-1-2-7-17/h3-5,8-9H,1-2,6-7,10H2,(H,18,19). The summed E-state index contributed by atoms with van der Waals surface area (Å²) in [5.41, 5.74) is 2.66. The van der Waals surface area contributed by atoms with E-state index >= 15 is 0 Å². The molecule has 0 atom stereocenters. The van der Waals surface area contributed by atoms with E-state index in [9.17, 15) is 4.79 Å². The average molecular weight is 272 g/mol. The monoisotopic (exact) mass is 272 g/mol. The fraction of sp³-hybridized carbons (Fsp3) is 0.333. The van der Waals surface area contributed by atoms with Crippen molar-refractivity contribution < 1.29 is 14.4 Å². The number of rotatable bonds is 4. The fourth-order valence-corrected chi connectivity index (χ4v) is 2.54. The van der Waals surface area contributed by atoms with Gasteiger partial charge in [0.1, 0.15) is 5.69 Å². The van der Waals surface area contributed by atoms with Crippen LogP contribution < -0.4 is 0 Å². The summed E-state index contributed by atoms with van der Waals surface area (Å²) in [6.45, 7) is 3.23. The lowest BCUT2D eigenvalue weighted by Gasteiger charge is -2.14. The highest BCUT2D eigenvalue weighted by atomic mass is 16.5. The van der Waals surface area contributed by atoms with Crippen LogP contribution in [0.5, 0.6) is 0 Å². The summed E-state index contributed by atoms with van der Waals surface area (Å²) < 4.78 is 4.79. The van der Waals surface area contributed by atoms with Crippen LogP contribution in [-0.2, 0) is 6.54 Å². The van der Waals surface area contributed by atoms with E-state index in [1.54, 1.807) is 0 Å². The van der Waals surface area contributed by atoms with Crippen molar-refractivity contribution in [3.8, 4) is 11.3 Å². The quantitative estimate of drug-likeness (QED) is 0.926. The lowest BCUT2D eigenvalue weighted by atomic mass is 10.1. The summed E-state index contributed by atoms with van der Waals surface area (Å²) in [5.74, 6) is -1.23. The first-order valence-corrected chi connectivity index (χ1v) is 6.74. The van der Waals surface area contributed by atoms with E-state index in [-0.39, 0.29) is 5.76 Å². The van der Waals surface area contributed by atoms with Crippen molar-refractivity contribution in [2.75, 3.05) is 13.1 Å². The van der Waals surface area contributed by atoms with Crippen molar-refractivity contribution in [3.63, 3.8) is 0 Å². The molecule has 0 amide bonds. The minimum absolute atomic E-state index is 0.134. The Morgan fingerprint density at radius 2 is 2.10 bits per heavy atom. The Morgan fingerprint density at radius 3 is 2.80 bits per heavy atom. The highest BCUT2D eigenvalue weighted by Crippen LogP contribution is 2.22. The number of aromatic nitrogens is 1. The maximum absolute atomic E-state index is 10.8. The summed E-state index contributed by atoms with van der Waals surface area (Å²) >= 11 is 0. The van der Waals surface area contributed by atoms with Crippen LogP contribution in [0.2, 0.25) is 0 Å². The molecule has 0 saturated carbocycles. The highest BCUT2D eigenvalue weighted by Gasteiger charge is 2.14. The molecule has 3 rings (SSSR count). The van der Waals surface area contributed by atoms with Crippen molar-refractivity contribution in [2.24, 2.45) is 0 Å². The van der Waals surface area contributed by atoms with Gasteiger partial charge in [-0.15, -0.1) is 0 Å². The number of carboxylic acids is 1. The zero-order valence-corrected chi connectivity index (χ0v) is 11.1. The van der Waals surface area contributed by atoms with Gasteiger partial charge in [-0.1, -0.05) is 23.4 Å². The van der Waals surface area contributed by atoms with E-state index in [0.29, 0.717) is 5.69 Å². The summed E-state index contributed by atoms with van der Waals surface area (Å²) in [4.78, 5) is 13.2. The first kappa shape index (κ1) is 12.9. The van der Waals surface area contributed by atoms with Crippen LogP contribution in [0.3, 0.4) is 0 Å². The van der Waals surface area contributed by atoms with E-state index in [0.717, 1.165) is 25.2 Å². The molecule has 1 aliphatic heterocycles. The van der Waals surface area contributed by atoms with Crippen molar-refractivity contribution >= 4 is 5.97 Å². The lowest BCUT2D eigenvalue weighted by molar-refractivity contribution is 0.0652. The van der Waals surface area contributed by atoms with Crippen LogP contribution in [-0.4, -0.2) is 34.2 Å². The Hall–Kier alpha value is -2.14. The van der Waals surface area contributed by atoms with E-state index in [1.807, 2.05) is 18.2 Å². The van der Waals surface area contributed by atoms with Crippen molar-refractivity contribution in [3.05, 3.63) is 41.7 Å². The summed E-state index contributed by atoms with van der Waals surface area (Å²) in [6.07, 6.45) is 2.54. The Kier molecular flexibility index (Phi) is 3.52. The van der Waals surface area contributed by atoms with E-state index in [1.165, 1.54) is 24.5 Å². The molecule has 1 aliphatic rings. The summed E-state index contributed by atoms with van der Waals surface area (Å²) in [7, 11) is 0. The predicted molar refractivity (Wildman–Crippen MR) is 73.4 cm³/mol. The number of hydrogen-bond donors (Lipinski definition) is 1. The largest absolute Gasteiger partial charge is 0.475 e. The van der Waals surface area contributed by atoms with Gasteiger partial charge in [0, 0.05) is 18.2 Å². The second kappa shape index (κ2) is 5.46. The maximum Gasteiger partial charge on any atom is 0.374 e. The molecule has 0 unspecified atom stereocenters. The lowest BCUT2D eigenvalue weighted by Crippen LogP contribution is -2.18. The molecule has 1 fully saturated rings. The van der Waals surface area contributed by atoms with Crippen LogP contribution in [0.15, 0.2) is 34.9 Å². The third-order valence-electron chi connectivity index (χ3n) is 3.55. The van der Waals surface area contributed by atoms with Gasteiger partial charge >= 0.3 is 5.97 Å². The van der Waals surface area contributed by atoms with Gasteiger partial charge in [-0.05, 0) is 37.6 Å². The zero-order valence-electron chi connectivity index (χ0n) is 11.1. The number of carbonyl (C=O) groups is 1. The van der Waals surface area contributed by atoms with Crippen molar-refractivity contribution in [1.82, 2.24) is 10.1 Å². The molecule has 2 aromatic rings. The molecular weight excluding hydrogens is 256 g/mol. The molecule has 0 aliphatic carbocycles. The molecule has 5 nitrogen and oxygen atoms in total. The SMILES string of the molecule is O=C(O)c1cc(-c2cccc(CN3CCCC3)c2)no1. The highest BCUT2D eigenvalue weighted by molar-refractivity contribution is 5.85. The number of benzene rings is 1. The second-order valence-electron chi connectivity index (χ2n) is 5.07. The Labute approximate surface area is 116 Å². The number of carboxylic acid groups (broad SMARTS) is 1. The molecule has 0 bridgehead atoms. The molecule has 20 heavy (non-hydrogen) atoms. The molecule has 5 heteroatoms. The van der Waals surface area contributed by atoms with Crippen LogP contribution in [0.25, 0.3) is 11.3 Å². The van der Waals surface area contributed by atoms with Crippen LogP contribution in [0.1, 0.15) is 29.0 Å². The van der Waals surface area contributed by atoms with Gasteiger partial charge in [-0.2, -0.15) is 0 Å². The predicted octanol–water partition coefficient (Wildman–Crippen LogP) is 2.64. The van der Waals surface area contributed by atoms with E-state index in [4.69, 9.17) is 9.63 Å². The Morgan fingerprint density at radius 1 is 1.30 bits per heavy atom. The molecule has 1 aromatic carbocycles. The molecule has 0 spiro atoms. The molecule has 104 valence electrons. The van der Waals surface area contributed by atoms with Gasteiger partial charge in [0.25, 0.3) is 0 Å². The molecular formula is C15H16N2O3. The normalized spacial score (nSPS) is 15.6. The van der Waals surface area contributed by atoms with Gasteiger partial charge in [0.2, 0.25) is 5.76 Å². The van der Waals surface area contributed by atoms with Gasteiger partial charge in [0.05, 0.1) is 0 Å². The third kappa shape index (κ3) is 2.72. The Bertz CT molecular complexity index is 615. The molecule has 0 radical (unpaired) electrons. The first-order valence-electron chi connectivity index (χ1n) is 6.74. The van der Waals surface area contributed by atoms with Gasteiger partial charge in [-0.25, -0.2) is 4.79 Å². The number of aromatic carboxylic acids is 1.